The zero-order valence-corrected chi connectivity index (χ0v) is 9.59. The number of rotatable bonds is 2. The van der Waals surface area contributed by atoms with E-state index in [1.54, 1.807) is 6.20 Å². The van der Waals surface area contributed by atoms with Gasteiger partial charge in [-0.15, -0.1) is 5.10 Å². The molecular weight excluding hydrogens is 216 g/mol. The van der Waals surface area contributed by atoms with Gasteiger partial charge < -0.3 is 10.6 Å². The van der Waals surface area contributed by atoms with Gasteiger partial charge in [0, 0.05) is 26.0 Å². The maximum absolute atomic E-state index is 4.43. The molecule has 1 aliphatic rings. The molecule has 2 aromatic heterocycles. The Hall–Kier alpha value is -2.11. The van der Waals surface area contributed by atoms with E-state index >= 15 is 0 Å². The molecule has 3 rings (SSSR count). The van der Waals surface area contributed by atoms with Crippen LogP contribution in [-0.4, -0.2) is 33.3 Å². The fourth-order valence-corrected chi connectivity index (χ4v) is 2.09. The Morgan fingerprint density at radius 3 is 3.24 bits per heavy atom. The van der Waals surface area contributed by atoms with Gasteiger partial charge in [0.25, 0.3) is 0 Å². The molecule has 0 radical (unpaired) electrons. The molecule has 1 atom stereocenters. The van der Waals surface area contributed by atoms with Crippen molar-refractivity contribution >= 4 is 11.9 Å². The molecule has 88 valence electrons. The summed E-state index contributed by atoms with van der Waals surface area (Å²) in [4.78, 5) is 8.52. The lowest BCUT2D eigenvalue weighted by atomic mass is 10.1. The molecule has 0 amide bonds. The van der Waals surface area contributed by atoms with Crippen LogP contribution in [-0.2, 0) is 0 Å². The second-order valence-corrected chi connectivity index (χ2v) is 3.97. The van der Waals surface area contributed by atoms with Gasteiger partial charge in [-0.3, -0.25) is 4.98 Å². The first-order valence-electron chi connectivity index (χ1n) is 5.66. The minimum Gasteiger partial charge on any atom is -0.356 e. The number of anilines is 2. The largest absolute Gasteiger partial charge is 0.356 e. The van der Waals surface area contributed by atoms with Crippen molar-refractivity contribution in [3.05, 3.63) is 30.1 Å². The lowest BCUT2D eigenvalue weighted by Crippen LogP contribution is -2.24. The molecule has 0 aliphatic carbocycles. The fraction of sp³-hybridized carbons (Fsp3) is 0.364. The van der Waals surface area contributed by atoms with Crippen LogP contribution in [0.5, 0.6) is 0 Å². The summed E-state index contributed by atoms with van der Waals surface area (Å²) < 4.78 is 1.92. The van der Waals surface area contributed by atoms with Gasteiger partial charge in [0.2, 0.25) is 11.9 Å². The zero-order valence-electron chi connectivity index (χ0n) is 9.59. The normalized spacial score (nSPS) is 18.3. The highest BCUT2D eigenvalue weighted by Crippen LogP contribution is 2.28. The van der Waals surface area contributed by atoms with Gasteiger partial charge in [0.15, 0.2) is 0 Å². The fourth-order valence-electron chi connectivity index (χ4n) is 2.09. The van der Waals surface area contributed by atoms with E-state index in [1.807, 2.05) is 24.0 Å². The van der Waals surface area contributed by atoms with Crippen molar-refractivity contribution in [1.29, 1.82) is 0 Å². The molecule has 0 spiro atoms. The van der Waals surface area contributed by atoms with E-state index in [4.69, 9.17) is 0 Å². The lowest BCUT2D eigenvalue weighted by Gasteiger charge is -2.24. The van der Waals surface area contributed by atoms with Gasteiger partial charge in [0.05, 0.1) is 6.04 Å². The van der Waals surface area contributed by atoms with Crippen LogP contribution in [0.25, 0.3) is 0 Å². The summed E-state index contributed by atoms with van der Waals surface area (Å²) >= 11 is 0. The number of pyridine rings is 1. The summed E-state index contributed by atoms with van der Waals surface area (Å²) in [6.07, 6.45) is 4.66. The quantitative estimate of drug-likeness (QED) is 0.809. The highest BCUT2D eigenvalue weighted by atomic mass is 15.5. The highest BCUT2D eigenvalue weighted by Gasteiger charge is 2.24. The van der Waals surface area contributed by atoms with E-state index in [-0.39, 0.29) is 6.04 Å². The molecule has 6 nitrogen and oxygen atoms in total. The minimum atomic E-state index is 0.217. The van der Waals surface area contributed by atoms with Crippen LogP contribution in [0.3, 0.4) is 0 Å². The van der Waals surface area contributed by atoms with E-state index < -0.39 is 0 Å². The van der Waals surface area contributed by atoms with Crippen molar-refractivity contribution in [2.75, 3.05) is 24.2 Å². The third-order valence-electron chi connectivity index (χ3n) is 2.92. The molecule has 0 saturated heterocycles. The molecule has 0 fully saturated rings. The van der Waals surface area contributed by atoms with E-state index in [0.717, 1.165) is 18.9 Å². The van der Waals surface area contributed by atoms with Crippen LogP contribution in [0.15, 0.2) is 24.5 Å². The van der Waals surface area contributed by atoms with Crippen molar-refractivity contribution in [3.8, 4) is 0 Å². The van der Waals surface area contributed by atoms with Crippen LogP contribution >= 0.6 is 0 Å². The Morgan fingerprint density at radius 1 is 1.53 bits per heavy atom. The smallest absolute Gasteiger partial charge is 0.243 e. The number of aromatic nitrogens is 4. The number of hydrogen-bond acceptors (Lipinski definition) is 5. The molecule has 0 aromatic carbocycles. The molecule has 0 bridgehead atoms. The Bertz CT molecular complexity index is 506. The molecule has 17 heavy (non-hydrogen) atoms. The number of hydrogen-bond donors (Lipinski definition) is 2. The Kier molecular flexibility index (Phi) is 2.40. The summed E-state index contributed by atoms with van der Waals surface area (Å²) in [7, 11) is 1.82. The van der Waals surface area contributed by atoms with Gasteiger partial charge in [-0.2, -0.15) is 4.98 Å². The van der Waals surface area contributed by atoms with Crippen LogP contribution in [0.2, 0.25) is 0 Å². The van der Waals surface area contributed by atoms with Crippen molar-refractivity contribution in [1.82, 2.24) is 19.7 Å². The maximum atomic E-state index is 4.43. The highest BCUT2D eigenvalue weighted by molar-refractivity contribution is 5.38. The first-order valence-corrected chi connectivity index (χ1v) is 5.66. The summed E-state index contributed by atoms with van der Waals surface area (Å²) in [6.45, 7) is 0.904. The average Bonchev–Trinajstić information content (AvgIpc) is 2.82. The summed E-state index contributed by atoms with van der Waals surface area (Å²) in [5.74, 6) is 1.46. The summed E-state index contributed by atoms with van der Waals surface area (Å²) in [6, 6.07) is 4.25. The van der Waals surface area contributed by atoms with Crippen LogP contribution in [0.4, 0.5) is 11.9 Å². The molecule has 2 aromatic rings. The van der Waals surface area contributed by atoms with Gasteiger partial charge in [-0.25, -0.2) is 4.68 Å². The predicted molar refractivity (Wildman–Crippen MR) is 65.1 cm³/mol. The Morgan fingerprint density at radius 2 is 2.47 bits per heavy atom. The van der Waals surface area contributed by atoms with E-state index in [2.05, 4.69) is 31.8 Å². The van der Waals surface area contributed by atoms with Gasteiger partial charge in [-0.05, 0) is 18.1 Å². The van der Waals surface area contributed by atoms with Gasteiger partial charge in [-0.1, -0.05) is 6.07 Å². The van der Waals surface area contributed by atoms with Gasteiger partial charge >= 0.3 is 0 Å². The summed E-state index contributed by atoms with van der Waals surface area (Å²) in [5, 5.41) is 10.6. The van der Waals surface area contributed by atoms with E-state index in [9.17, 15) is 0 Å². The third-order valence-corrected chi connectivity index (χ3v) is 2.92. The Labute approximate surface area is 99.1 Å². The molecule has 6 heteroatoms. The second-order valence-electron chi connectivity index (χ2n) is 3.97. The Balaban J connectivity index is 2.02. The van der Waals surface area contributed by atoms with Crippen molar-refractivity contribution in [3.63, 3.8) is 0 Å². The number of fused-ring (bicyclic) bond motifs is 1. The zero-order chi connectivity index (χ0) is 11.7. The molecule has 1 aliphatic heterocycles. The predicted octanol–water partition coefficient (Wildman–Crippen LogP) is 1.12. The van der Waals surface area contributed by atoms with Crippen molar-refractivity contribution in [2.24, 2.45) is 0 Å². The van der Waals surface area contributed by atoms with Crippen LogP contribution in [0, 0.1) is 0 Å². The number of nitrogens with zero attached hydrogens (tertiary/aromatic N) is 4. The molecule has 1 unspecified atom stereocenters. The first kappa shape index (κ1) is 10.1. The molecule has 0 saturated carbocycles. The topological polar surface area (TPSA) is 67.7 Å². The van der Waals surface area contributed by atoms with E-state index in [0.29, 0.717) is 5.95 Å². The van der Waals surface area contributed by atoms with Crippen molar-refractivity contribution < 1.29 is 0 Å². The number of nitrogens with one attached hydrogen (secondary N) is 2. The average molecular weight is 230 g/mol. The SMILES string of the molecule is CNc1nc2n(n1)C(c1cccnc1)CCN2. The standard InChI is InChI=1S/C11H14N6/c1-12-10-15-11-14-6-4-9(17(11)16-10)8-3-2-5-13-7-8/h2-3,5,7,9H,4,6H2,1H3,(H2,12,14,15,16). The lowest BCUT2D eigenvalue weighted by molar-refractivity contribution is 0.480. The monoisotopic (exact) mass is 230 g/mol. The second kappa shape index (κ2) is 4.04. The van der Waals surface area contributed by atoms with E-state index in [1.165, 1.54) is 5.56 Å². The first-order chi connectivity index (χ1) is 8.38. The minimum absolute atomic E-state index is 0.217. The third kappa shape index (κ3) is 1.71. The molecule has 3 heterocycles. The van der Waals surface area contributed by atoms with Crippen LogP contribution in [0.1, 0.15) is 18.0 Å². The van der Waals surface area contributed by atoms with Gasteiger partial charge in [0.1, 0.15) is 0 Å². The summed E-state index contributed by atoms with van der Waals surface area (Å²) in [5.41, 5.74) is 1.17. The van der Waals surface area contributed by atoms with Crippen molar-refractivity contribution in [2.45, 2.75) is 12.5 Å². The van der Waals surface area contributed by atoms with Crippen LogP contribution < -0.4 is 10.6 Å². The molecular formula is C11H14N6. The maximum Gasteiger partial charge on any atom is 0.243 e. The molecule has 2 N–H and O–H groups in total.